The van der Waals surface area contributed by atoms with E-state index in [1.165, 1.54) is 10.9 Å². The summed E-state index contributed by atoms with van der Waals surface area (Å²) in [5.74, 6) is -0.490. The lowest BCUT2D eigenvalue weighted by molar-refractivity contribution is -0.137. The number of likely N-dealkylation sites (tertiary alicyclic amines) is 1. The average molecular weight is 296 g/mol. The first-order chi connectivity index (χ1) is 10.0. The van der Waals surface area contributed by atoms with E-state index in [4.69, 9.17) is 5.11 Å². The summed E-state index contributed by atoms with van der Waals surface area (Å²) in [6.07, 6.45) is 2.60. The van der Waals surface area contributed by atoms with Crippen molar-refractivity contribution in [2.24, 2.45) is 5.92 Å². The number of carboxylic acids is 1. The number of aromatic nitrogens is 3. The van der Waals surface area contributed by atoms with Gasteiger partial charge in [-0.15, -0.1) is 5.10 Å². The highest BCUT2D eigenvalue weighted by Gasteiger charge is 2.19. The zero-order chi connectivity index (χ0) is 15.2. The molecule has 0 radical (unpaired) electrons. The highest BCUT2D eigenvalue weighted by Crippen LogP contribution is 2.12. The average Bonchev–Trinajstić information content (AvgIpc) is 3.02. The monoisotopic (exact) mass is 296 g/mol. The van der Waals surface area contributed by atoms with Gasteiger partial charge in [0.15, 0.2) is 0 Å². The molecule has 0 spiro atoms. The fourth-order valence-corrected chi connectivity index (χ4v) is 2.30. The minimum absolute atomic E-state index is 0.218. The van der Waals surface area contributed by atoms with Gasteiger partial charge in [-0.2, -0.15) is 0 Å². The minimum Gasteiger partial charge on any atom is -0.480 e. The molecule has 1 aromatic heterocycles. The standard InChI is InChI=1S/C12H20N6O3/c1-17-3-2-9(6-17)4-13-12(21)14-5-10-7-18(16-15-10)8-11(19)20/h7,9H,2-6,8H2,1H3,(H,19,20)(H2,13,14,21). The SMILES string of the molecule is CN1CCC(CNC(=O)NCc2cn(CC(=O)O)nn2)C1. The molecule has 2 heterocycles. The molecule has 9 nitrogen and oxygen atoms in total. The molecule has 1 aliphatic heterocycles. The van der Waals surface area contributed by atoms with Crippen LogP contribution in [0.15, 0.2) is 6.20 Å². The Hall–Kier alpha value is -2.16. The molecule has 1 aromatic rings. The van der Waals surface area contributed by atoms with Crippen LogP contribution in [0, 0.1) is 5.92 Å². The molecule has 9 heteroatoms. The number of aliphatic carboxylic acids is 1. The summed E-state index contributed by atoms with van der Waals surface area (Å²) in [4.78, 5) is 24.4. The second kappa shape index (κ2) is 7.02. The van der Waals surface area contributed by atoms with Gasteiger partial charge in [0.25, 0.3) is 0 Å². The molecule has 0 bridgehead atoms. The van der Waals surface area contributed by atoms with Crippen molar-refractivity contribution < 1.29 is 14.7 Å². The van der Waals surface area contributed by atoms with Crippen LogP contribution in [0.1, 0.15) is 12.1 Å². The van der Waals surface area contributed by atoms with Gasteiger partial charge in [0.2, 0.25) is 0 Å². The zero-order valence-corrected chi connectivity index (χ0v) is 11.9. The van der Waals surface area contributed by atoms with E-state index in [1.807, 2.05) is 0 Å². The number of carbonyl (C=O) groups is 2. The third-order valence-electron chi connectivity index (χ3n) is 3.35. The van der Waals surface area contributed by atoms with E-state index in [1.54, 1.807) is 0 Å². The van der Waals surface area contributed by atoms with Crippen LogP contribution in [0.25, 0.3) is 0 Å². The van der Waals surface area contributed by atoms with Crippen LogP contribution in [0.5, 0.6) is 0 Å². The zero-order valence-electron chi connectivity index (χ0n) is 11.9. The predicted octanol–water partition coefficient (Wildman–Crippen LogP) is -0.886. The second-order valence-electron chi connectivity index (χ2n) is 5.28. The van der Waals surface area contributed by atoms with Crippen molar-refractivity contribution >= 4 is 12.0 Å². The van der Waals surface area contributed by atoms with Gasteiger partial charge in [-0.25, -0.2) is 9.48 Å². The third-order valence-corrected chi connectivity index (χ3v) is 3.35. The van der Waals surface area contributed by atoms with E-state index in [0.717, 1.165) is 19.5 Å². The maximum absolute atomic E-state index is 11.7. The molecule has 116 valence electrons. The number of carboxylic acid groups (broad SMARTS) is 1. The lowest BCUT2D eigenvalue weighted by Crippen LogP contribution is -2.38. The Balaban J connectivity index is 1.66. The van der Waals surface area contributed by atoms with Crippen molar-refractivity contribution in [2.75, 3.05) is 26.7 Å². The predicted molar refractivity (Wildman–Crippen MR) is 73.5 cm³/mol. The van der Waals surface area contributed by atoms with Crippen LogP contribution in [0.4, 0.5) is 4.79 Å². The summed E-state index contributed by atoms with van der Waals surface area (Å²) in [6.45, 7) is 2.71. The Kier molecular flexibility index (Phi) is 5.09. The van der Waals surface area contributed by atoms with Crippen molar-refractivity contribution in [3.63, 3.8) is 0 Å². The van der Waals surface area contributed by atoms with E-state index in [2.05, 4.69) is 32.9 Å². The van der Waals surface area contributed by atoms with E-state index in [-0.39, 0.29) is 19.1 Å². The van der Waals surface area contributed by atoms with Gasteiger partial charge in [-0.05, 0) is 25.9 Å². The molecule has 3 N–H and O–H groups in total. The van der Waals surface area contributed by atoms with Gasteiger partial charge in [-0.3, -0.25) is 4.79 Å². The van der Waals surface area contributed by atoms with Crippen LogP contribution in [0.2, 0.25) is 0 Å². The van der Waals surface area contributed by atoms with Crippen LogP contribution < -0.4 is 10.6 Å². The molecule has 2 rings (SSSR count). The van der Waals surface area contributed by atoms with Crippen molar-refractivity contribution in [3.05, 3.63) is 11.9 Å². The Labute approximate surface area is 122 Å². The van der Waals surface area contributed by atoms with Gasteiger partial charge < -0.3 is 20.6 Å². The Morgan fingerprint density at radius 3 is 2.95 bits per heavy atom. The first-order valence-corrected chi connectivity index (χ1v) is 6.84. The third kappa shape index (κ3) is 5.03. The lowest BCUT2D eigenvalue weighted by Gasteiger charge is -2.11. The molecule has 1 aliphatic rings. The molecule has 0 aliphatic carbocycles. The molecule has 1 atom stereocenters. The van der Waals surface area contributed by atoms with E-state index < -0.39 is 5.97 Å². The molecule has 0 saturated carbocycles. The van der Waals surface area contributed by atoms with E-state index in [0.29, 0.717) is 18.2 Å². The highest BCUT2D eigenvalue weighted by molar-refractivity contribution is 5.73. The first-order valence-electron chi connectivity index (χ1n) is 6.84. The molecule has 21 heavy (non-hydrogen) atoms. The maximum Gasteiger partial charge on any atom is 0.325 e. The molecule has 2 amide bonds. The van der Waals surface area contributed by atoms with Gasteiger partial charge in [0.1, 0.15) is 12.2 Å². The van der Waals surface area contributed by atoms with Gasteiger partial charge >= 0.3 is 12.0 Å². The number of nitrogens with one attached hydrogen (secondary N) is 2. The Bertz CT molecular complexity index is 503. The molecular formula is C12H20N6O3. The van der Waals surface area contributed by atoms with Crippen LogP contribution in [0.3, 0.4) is 0 Å². The normalized spacial score (nSPS) is 18.6. The number of urea groups is 1. The molecular weight excluding hydrogens is 276 g/mol. The van der Waals surface area contributed by atoms with Crippen molar-refractivity contribution in [2.45, 2.75) is 19.5 Å². The van der Waals surface area contributed by atoms with Crippen molar-refractivity contribution in [1.82, 2.24) is 30.5 Å². The second-order valence-corrected chi connectivity index (χ2v) is 5.28. The highest BCUT2D eigenvalue weighted by atomic mass is 16.4. The summed E-state index contributed by atoms with van der Waals surface area (Å²) < 4.78 is 1.21. The number of hydrogen-bond donors (Lipinski definition) is 3. The van der Waals surface area contributed by atoms with Gasteiger partial charge in [0.05, 0.1) is 12.7 Å². The number of hydrogen-bond acceptors (Lipinski definition) is 5. The van der Waals surface area contributed by atoms with Gasteiger partial charge in [0, 0.05) is 13.1 Å². The van der Waals surface area contributed by atoms with Gasteiger partial charge in [-0.1, -0.05) is 5.21 Å². The van der Waals surface area contributed by atoms with Crippen LogP contribution >= 0.6 is 0 Å². The number of carbonyl (C=O) groups excluding carboxylic acids is 1. The van der Waals surface area contributed by atoms with Crippen molar-refractivity contribution in [3.8, 4) is 0 Å². The number of rotatable bonds is 6. The molecule has 1 saturated heterocycles. The Morgan fingerprint density at radius 1 is 1.48 bits per heavy atom. The van der Waals surface area contributed by atoms with Crippen molar-refractivity contribution in [1.29, 1.82) is 0 Å². The summed E-state index contributed by atoms with van der Waals surface area (Å²) in [5, 5.41) is 21.6. The minimum atomic E-state index is -0.987. The largest absolute Gasteiger partial charge is 0.480 e. The van der Waals surface area contributed by atoms with Crippen LogP contribution in [-0.4, -0.2) is 63.7 Å². The topological polar surface area (TPSA) is 112 Å². The molecule has 1 unspecified atom stereocenters. The summed E-state index contributed by atoms with van der Waals surface area (Å²) in [7, 11) is 2.07. The fourth-order valence-electron chi connectivity index (χ4n) is 2.30. The Morgan fingerprint density at radius 2 is 2.29 bits per heavy atom. The first kappa shape index (κ1) is 15.2. The summed E-state index contributed by atoms with van der Waals surface area (Å²) >= 11 is 0. The maximum atomic E-state index is 11.7. The summed E-state index contributed by atoms with van der Waals surface area (Å²) in [5.41, 5.74) is 0.520. The van der Waals surface area contributed by atoms with E-state index >= 15 is 0 Å². The molecule has 0 aromatic carbocycles. The smallest absolute Gasteiger partial charge is 0.325 e. The number of nitrogens with zero attached hydrogens (tertiary/aromatic N) is 4. The van der Waals surface area contributed by atoms with E-state index in [9.17, 15) is 9.59 Å². The lowest BCUT2D eigenvalue weighted by atomic mass is 10.1. The number of amides is 2. The molecule has 1 fully saturated rings. The quantitative estimate of drug-likeness (QED) is 0.628. The fraction of sp³-hybridized carbons (Fsp3) is 0.667. The van der Waals surface area contributed by atoms with Crippen LogP contribution in [-0.2, 0) is 17.9 Å². The summed E-state index contributed by atoms with van der Waals surface area (Å²) in [6, 6.07) is -0.252.